The van der Waals surface area contributed by atoms with E-state index < -0.39 is 41.6 Å². The van der Waals surface area contributed by atoms with Gasteiger partial charge >= 0.3 is 5.97 Å². The summed E-state index contributed by atoms with van der Waals surface area (Å²) < 4.78 is 49.8. The number of amides is 1. The molecule has 0 aliphatic rings. The number of methoxy groups -OCH3 is 1. The summed E-state index contributed by atoms with van der Waals surface area (Å²) >= 11 is 0. The van der Waals surface area contributed by atoms with Crippen molar-refractivity contribution in [2.75, 3.05) is 19.0 Å². The third-order valence-corrected chi connectivity index (χ3v) is 3.93. The van der Waals surface area contributed by atoms with Gasteiger partial charge in [0.25, 0.3) is 5.91 Å². The second-order valence-corrected chi connectivity index (χ2v) is 5.75. The van der Waals surface area contributed by atoms with Crippen molar-refractivity contribution in [3.63, 3.8) is 0 Å². The Bertz CT molecular complexity index is 1070. The average molecular weight is 389 g/mol. The zero-order chi connectivity index (χ0) is 20.3. The maximum absolute atomic E-state index is 13.6. The lowest BCUT2D eigenvalue weighted by atomic mass is 10.1. The molecule has 0 heterocycles. The minimum atomic E-state index is -1.71. The fraction of sp³-hybridized carbons (Fsp3) is 0.100. The van der Waals surface area contributed by atoms with Crippen LogP contribution in [0.5, 0.6) is 5.75 Å². The van der Waals surface area contributed by atoms with Crippen molar-refractivity contribution in [3.05, 3.63) is 71.5 Å². The van der Waals surface area contributed by atoms with E-state index in [1.165, 1.54) is 7.11 Å². The van der Waals surface area contributed by atoms with E-state index in [0.717, 1.165) is 16.8 Å². The van der Waals surface area contributed by atoms with E-state index >= 15 is 0 Å². The third kappa shape index (κ3) is 3.90. The Kier molecular flexibility index (Phi) is 5.49. The zero-order valence-corrected chi connectivity index (χ0v) is 14.6. The highest BCUT2D eigenvalue weighted by Gasteiger charge is 2.18. The van der Waals surface area contributed by atoms with Crippen molar-refractivity contribution >= 4 is 28.3 Å². The van der Waals surface area contributed by atoms with Crippen molar-refractivity contribution in [3.8, 4) is 5.75 Å². The van der Waals surface area contributed by atoms with Gasteiger partial charge in [-0.1, -0.05) is 24.3 Å². The summed E-state index contributed by atoms with van der Waals surface area (Å²) in [5.41, 5.74) is -0.462. The molecule has 0 radical (unpaired) electrons. The van der Waals surface area contributed by atoms with Crippen LogP contribution in [-0.2, 0) is 9.53 Å². The molecule has 0 aromatic heterocycles. The average Bonchev–Trinajstić information content (AvgIpc) is 2.71. The molecule has 0 aliphatic heterocycles. The highest BCUT2D eigenvalue weighted by molar-refractivity contribution is 6.00. The van der Waals surface area contributed by atoms with Crippen LogP contribution < -0.4 is 10.1 Å². The second kappa shape index (κ2) is 7.99. The Morgan fingerprint density at radius 2 is 1.64 bits per heavy atom. The maximum atomic E-state index is 13.6. The van der Waals surface area contributed by atoms with Gasteiger partial charge in [0.05, 0.1) is 12.8 Å². The molecule has 1 amide bonds. The van der Waals surface area contributed by atoms with E-state index in [1.807, 2.05) is 17.4 Å². The number of rotatable bonds is 5. The fourth-order valence-corrected chi connectivity index (χ4v) is 2.57. The SMILES string of the molecule is COc1cc2ccccc2cc1C(=O)OCC(=O)Nc1ccc(F)c(F)c1F. The largest absolute Gasteiger partial charge is 0.496 e. The number of ether oxygens (including phenoxy) is 2. The Hall–Kier alpha value is -3.55. The quantitative estimate of drug-likeness (QED) is 0.528. The number of carbonyl (C=O) groups excluding carboxylic acids is 2. The summed E-state index contributed by atoms with van der Waals surface area (Å²) in [6, 6.07) is 12.0. The number of benzene rings is 3. The normalized spacial score (nSPS) is 10.6. The molecule has 0 saturated carbocycles. The summed E-state index contributed by atoms with van der Waals surface area (Å²) in [6.07, 6.45) is 0. The van der Waals surface area contributed by atoms with Gasteiger partial charge in [-0.3, -0.25) is 4.79 Å². The number of carbonyl (C=O) groups is 2. The van der Waals surface area contributed by atoms with Gasteiger partial charge in [-0.05, 0) is 35.0 Å². The lowest BCUT2D eigenvalue weighted by molar-refractivity contribution is -0.119. The summed E-state index contributed by atoms with van der Waals surface area (Å²) in [7, 11) is 1.39. The van der Waals surface area contributed by atoms with E-state index in [9.17, 15) is 22.8 Å². The predicted octanol–water partition coefficient (Wildman–Crippen LogP) is 4.06. The summed E-state index contributed by atoms with van der Waals surface area (Å²) in [5, 5.41) is 3.63. The maximum Gasteiger partial charge on any atom is 0.342 e. The topological polar surface area (TPSA) is 64.6 Å². The molecule has 5 nitrogen and oxygen atoms in total. The number of hydrogen-bond donors (Lipinski definition) is 1. The standard InChI is InChI=1S/C20H14F3NO4/c1-27-16-9-12-5-3-2-4-11(12)8-13(16)20(26)28-10-17(25)24-15-7-6-14(21)18(22)19(15)23/h2-9H,10H2,1H3,(H,24,25). The molecule has 144 valence electrons. The van der Waals surface area contributed by atoms with Crippen LogP contribution in [0.4, 0.5) is 18.9 Å². The van der Waals surface area contributed by atoms with Crippen LogP contribution in [0.2, 0.25) is 0 Å². The highest BCUT2D eigenvalue weighted by atomic mass is 19.2. The van der Waals surface area contributed by atoms with Crippen LogP contribution >= 0.6 is 0 Å². The molecule has 3 rings (SSSR count). The van der Waals surface area contributed by atoms with Gasteiger partial charge in [-0.15, -0.1) is 0 Å². The first kappa shape index (κ1) is 19.2. The van der Waals surface area contributed by atoms with Gasteiger partial charge < -0.3 is 14.8 Å². The predicted molar refractivity (Wildman–Crippen MR) is 95.7 cm³/mol. The van der Waals surface area contributed by atoms with E-state index in [4.69, 9.17) is 9.47 Å². The van der Waals surface area contributed by atoms with Crippen LogP contribution in [0.3, 0.4) is 0 Å². The minimum Gasteiger partial charge on any atom is -0.496 e. The molecule has 0 spiro atoms. The first-order valence-corrected chi connectivity index (χ1v) is 8.08. The molecule has 0 saturated heterocycles. The smallest absolute Gasteiger partial charge is 0.342 e. The van der Waals surface area contributed by atoms with Gasteiger partial charge in [0.2, 0.25) is 0 Å². The number of anilines is 1. The first-order chi connectivity index (χ1) is 13.4. The summed E-state index contributed by atoms with van der Waals surface area (Å²) in [4.78, 5) is 24.2. The Labute approximate surface area is 157 Å². The Morgan fingerprint density at radius 1 is 0.964 bits per heavy atom. The monoisotopic (exact) mass is 389 g/mol. The third-order valence-electron chi connectivity index (χ3n) is 3.93. The molecular formula is C20H14F3NO4. The molecule has 3 aromatic rings. The van der Waals surface area contributed by atoms with E-state index in [0.29, 0.717) is 6.07 Å². The molecule has 0 fully saturated rings. The van der Waals surface area contributed by atoms with Crippen LogP contribution in [0.15, 0.2) is 48.5 Å². The Morgan fingerprint density at radius 3 is 2.32 bits per heavy atom. The van der Waals surface area contributed by atoms with Crippen molar-refractivity contribution < 1.29 is 32.2 Å². The summed E-state index contributed by atoms with van der Waals surface area (Å²) in [6.45, 7) is -0.757. The molecule has 1 N–H and O–H groups in total. The van der Waals surface area contributed by atoms with Crippen LogP contribution in [0, 0.1) is 17.5 Å². The summed E-state index contributed by atoms with van der Waals surface area (Å²) in [5.74, 6) is -6.13. The molecule has 3 aromatic carbocycles. The van der Waals surface area contributed by atoms with E-state index in [-0.39, 0.29) is 11.3 Å². The molecule has 0 aliphatic carbocycles. The lowest BCUT2D eigenvalue weighted by Gasteiger charge is -2.11. The van der Waals surface area contributed by atoms with Gasteiger partial charge in [0.1, 0.15) is 11.3 Å². The fourth-order valence-electron chi connectivity index (χ4n) is 2.57. The minimum absolute atomic E-state index is 0.105. The van der Waals surface area contributed by atoms with Crippen molar-refractivity contribution in [2.45, 2.75) is 0 Å². The number of nitrogens with one attached hydrogen (secondary N) is 1. The van der Waals surface area contributed by atoms with E-state index in [1.54, 1.807) is 24.3 Å². The van der Waals surface area contributed by atoms with Crippen molar-refractivity contribution in [2.24, 2.45) is 0 Å². The Balaban J connectivity index is 1.71. The molecule has 0 atom stereocenters. The number of halogens is 3. The van der Waals surface area contributed by atoms with Gasteiger partial charge in [-0.25, -0.2) is 18.0 Å². The van der Waals surface area contributed by atoms with Crippen LogP contribution in [-0.4, -0.2) is 25.6 Å². The second-order valence-electron chi connectivity index (χ2n) is 5.75. The zero-order valence-electron chi connectivity index (χ0n) is 14.6. The number of hydrogen-bond acceptors (Lipinski definition) is 4. The van der Waals surface area contributed by atoms with Crippen molar-refractivity contribution in [1.29, 1.82) is 0 Å². The highest BCUT2D eigenvalue weighted by Crippen LogP contribution is 2.26. The van der Waals surface area contributed by atoms with Crippen LogP contribution in [0.1, 0.15) is 10.4 Å². The van der Waals surface area contributed by atoms with E-state index in [2.05, 4.69) is 0 Å². The van der Waals surface area contributed by atoms with Crippen LogP contribution in [0.25, 0.3) is 10.8 Å². The lowest BCUT2D eigenvalue weighted by Crippen LogP contribution is -2.22. The first-order valence-electron chi connectivity index (χ1n) is 8.08. The number of esters is 1. The molecule has 28 heavy (non-hydrogen) atoms. The van der Waals surface area contributed by atoms with Crippen molar-refractivity contribution in [1.82, 2.24) is 0 Å². The molecule has 0 unspecified atom stereocenters. The molecule has 8 heteroatoms. The molecule has 0 bridgehead atoms. The van der Waals surface area contributed by atoms with Gasteiger partial charge in [0, 0.05) is 0 Å². The molecular weight excluding hydrogens is 375 g/mol. The number of fused-ring (bicyclic) bond motifs is 1. The van der Waals surface area contributed by atoms with Gasteiger partial charge in [-0.2, -0.15) is 0 Å². The van der Waals surface area contributed by atoms with Gasteiger partial charge in [0.15, 0.2) is 24.1 Å².